The van der Waals surface area contributed by atoms with E-state index in [0.717, 1.165) is 0 Å². The van der Waals surface area contributed by atoms with Gasteiger partial charge in [0.1, 0.15) is 0 Å². The molecule has 1 aliphatic heterocycles. The van der Waals surface area contributed by atoms with Gasteiger partial charge in [-0.05, 0) is 32.1 Å². The Morgan fingerprint density at radius 2 is 1.88 bits per heavy atom. The second kappa shape index (κ2) is 4.02. The van der Waals surface area contributed by atoms with Gasteiger partial charge in [0.2, 0.25) is 0 Å². The Kier molecular flexibility index (Phi) is 3.39. The van der Waals surface area contributed by atoms with Crippen molar-refractivity contribution in [3.8, 4) is 0 Å². The van der Waals surface area contributed by atoms with Crippen LogP contribution in [-0.4, -0.2) is 30.0 Å². The fourth-order valence-electron chi connectivity index (χ4n) is 2.66. The average molecular weight is 248 g/mol. The van der Waals surface area contributed by atoms with Crippen LogP contribution in [0.5, 0.6) is 0 Å². The molecule has 1 heterocycles. The number of rotatable bonds is 3. The van der Waals surface area contributed by atoms with E-state index in [0.29, 0.717) is 6.42 Å². The van der Waals surface area contributed by atoms with Crippen LogP contribution in [0.15, 0.2) is 0 Å². The summed E-state index contributed by atoms with van der Waals surface area (Å²) in [5, 5.41) is 9.21. The minimum absolute atomic E-state index is 0.0462. The van der Waals surface area contributed by atoms with Gasteiger partial charge in [-0.1, -0.05) is 13.8 Å². The molecule has 1 fully saturated rings. The van der Waals surface area contributed by atoms with Gasteiger partial charge < -0.3 is 5.11 Å². The van der Waals surface area contributed by atoms with E-state index >= 15 is 0 Å². The molecule has 0 aromatic rings. The quantitative estimate of drug-likeness (QED) is 0.822. The van der Waals surface area contributed by atoms with E-state index in [4.69, 9.17) is 0 Å². The SMILES string of the molecule is CC(C)C(C(=O)O)C1CCS(=O)(=O)C1(C)C. The van der Waals surface area contributed by atoms with Crippen molar-refractivity contribution in [3.63, 3.8) is 0 Å². The molecule has 0 aromatic carbocycles. The molecule has 5 heteroatoms. The molecule has 94 valence electrons. The Morgan fingerprint density at radius 3 is 2.12 bits per heavy atom. The zero-order valence-corrected chi connectivity index (χ0v) is 11.0. The van der Waals surface area contributed by atoms with Gasteiger partial charge in [-0.25, -0.2) is 8.42 Å². The van der Waals surface area contributed by atoms with Gasteiger partial charge in [0.25, 0.3) is 0 Å². The number of carbonyl (C=O) groups is 1. The van der Waals surface area contributed by atoms with Gasteiger partial charge in [-0.2, -0.15) is 0 Å². The number of hydrogen-bond donors (Lipinski definition) is 1. The zero-order valence-electron chi connectivity index (χ0n) is 10.2. The third-order valence-corrected chi connectivity index (χ3v) is 6.51. The van der Waals surface area contributed by atoms with E-state index in [1.807, 2.05) is 13.8 Å². The topological polar surface area (TPSA) is 71.4 Å². The molecule has 0 bridgehead atoms. The summed E-state index contributed by atoms with van der Waals surface area (Å²) in [6.07, 6.45) is 0.463. The van der Waals surface area contributed by atoms with Crippen LogP contribution in [0.25, 0.3) is 0 Å². The Labute approximate surface area is 97.0 Å². The highest BCUT2D eigenvalue weighted by atomic mass is 32.2. The molecule has 1 N–H and O–H groups in total. The Balaban J connectivity index is 3.11. The average Bonchev–Trinajstić information content (AvgIpc) is 2.26. The number of carboxylic acid groups (broad SMARTS) is 1. The molecule has 16 heavy (non-hydrogen) atoms. The van der Waals surface area contributed by atoms with Crippen LogP contribution in [-0.2, 0) is 14.6 Å². The maximum atomic E-state index is 11.9. The second-order valence-corrected chi connectivity index (χ2v) is 8.12. The van der Waals surface area contributed by atoms with E-state index in [-0.39, 0.29) is 17.6 Å². The van der Waals surface area contributed by atoms with Crippen molar-refractivity contribution in [1.29, 1.82) is 0 Å². The molecule has 0 aromatic heterocycles. The summed E-state index contributed by atoms with van der Waals surface area (Å²) in [5.41, 5.74) is 0. The first kappa shape index (κ1) is 13.5. The van der Waals surface area contributed by atoms with Crippen molar-refractivity contribution < 1.29 is 18.3 Å². The fourth-order valence-corrected chi connectivity index (χ4v) is 4.47. The van der Waals surface area contributed by atoms with E-state index in [1.54, 1.807) is 13.8 Å². The first-order valence-electron chi connectivity index (χ1n) is 5.56. The van der Waals surface area contributed by atoms with Gasteiger partial charge in [-0.15, -0.1) is 0 Å². The van der Waals surface area contributed by atoms with Gasteiger partial charge >= 0.3 is 5.97 Å². The molecule has 1 aliphatic rings. The van der Waals surface area contributed by atoms with Crippen LogP contribution in [0.1, 0.15) is 34.1 Å². The van der Waals surface area contributed by atoms with E-state index < -0.39 is 26.5 Å². The number of hydrogen-bond acceptors (Lipinski definition) is 3. The van der Waals surface area contributed by atoms with E-state index in [2.05, 4.69) is 0 Å². The highest BCUT2D eigenvalue weighted by molar-refractivity contribution is 7.93. The van der Waals surface area contributed by atoms with Gasteiger partial charge in [-0.3, -0.25) is 4.79 Å². The van der Waals surface area contributed by atoms with Crippen LogP contribution in [0.4, 0.5) is 0 Å². The molecule has 0 saturated carbocycles. The smallest absolute Gasteiger partial charge is 0.307 e. The third-order valence-electron chi connectivity index (χ3n) is 3.83. The lowest BCUT2D eigenvalue weighted by Crippen LogP contribution is -2.41. The summed E-state index contributed by atoms with van der Waals surface area (Å²) in [7, 11) is -3.15. The fraction of sp³-hybridized carbons (Fsp3) is 0.909. The zero-order chi connectivity index (χ0) is 12.7. The maximum Gasteiger partial charge on any atom is 0.307 e. The standard InChI is InChI=1S/C11H20O4S/c1-7(2)9(10(12)13)8-5-6-16(14,15)11(8,3)4/h7-9H,5-6H2,1-4H3,(H,12,13). The van der Waals surface area contributed by atoms with Crippen LogP contribution in [0, 0.1) is 17.8 Å². The molecule has 0 aliphatic carbocycles. The van der Waals surface area contributed by atoms with Gasteiger partial charge in [0.05, 0.1) is 16.4 Å². The second-order valence-electron chi connectivity index (χ2n) is 5.43. The third kappa shape index (κ3) is 1.97. The molecular weight excluding hydrogens is 228 g/mol. The summed E-state index contributed by atoms with van der Waals surface area (Å²) in [4.78, 5) is 11.2. The largest absolute Gasteiger partial charge is 0.481 e. The van der Waals surface area contributed by atoms with E-state index in [9.17, 15) is 18.3 Å². The minimum atomic E-state index is -3.15. The highest BCUT2D eigenvalue weighted by Gasteiger charge is 2.52. The van der Waals surface area contributed by atoms with Crippen LogP contribution < -0.4 is 0 Å². The Hall–Kier alpha value is -0.580. The number of aliphatic carboxylic acids is 1. The predicted molar refractivity (Wildman–Crippen MR) is 61.9 cm³/mol. The summed E-state index contributed by atoms with van der Waals surface area (Å²) in [6.45, 7) is 6.97. The van der Waals surface area contributed by atoms with Crippen LogP contribution in [0.2, 0.25) is 0 Å². The molecule has 2 atom stereocenters. The van der Waals surface area contributed by atoms with Crippen molar-refractivity contribution in [2.45, 2.75) is 38.9 Å². The summed E-state index contributed by atoms with van der Waals surface area (Å²) >= 11 is 0. The van der Waals surface area contributed by atoms with Crippen LogP contribution in [0.3, 0.4) is 0 Å². The normalized spacial score (nSPS) is 29.2. The molecule has 2 unspecified atom stereocenters. The Bertz CT molecular complexity index is 381. The van der Waals surface area contributed by atoms with Gasteiger partial charge in [0, 0.05) is 0 Å². The van der Waals surface area contributed by atoms with Crippen molar-refractivity contribution >= 4 is 15.8 Å². The summed E-state index contributed by atoms with van der Waals surface area (Å²) in [5.74, 6) is -1.68. The first-order valence-corrected chi connectivity index (χ1v) is 7.21. The van der Waals surface area contributed by atoms with E-state index in [1.165, 1.54) is 0 Å². The molecule has 1 saturated heterocycles. The lowest BCUT2D eigenvalue weighted by Gasteiger charge is -2.32. The molecule has 1 rings (SSSR count). The minimum Gasteiger partial charge on any atom is -0.481 e. The lowest BCUT2D eigenvalue weighted by atomic mass is 9.75. The molecular formula is C11H20O4S. The van der Waals surface area contributed by atoms with Gasteiger partial charge in [0.15, 0.2) is 9.84 Å². The molecule has 0 spiro atoms. The lowest BCUT2D eigenvalue weighted by molar-refractivity contribution is -0.146. The Morgan fingerprint density at radius 1 is 1.38 bits per heavy atom. The molecule has 4 nitrogen and oxygen atoms in total. The van der Waals surface area contributed by atoms with Crippen LogP contribution >= 0.6 is 0 Å². The highest BCUT2D eigenvalue weighted by Crippen LogP contribution is 2.43. The predicted octanol–water partition coefficient (Wildman–Crippen LogP) is 1.56. The summed E-state index contributed by atoms with van der Waals surface area (Å²) < 4.78 is 22.8. The summed E-state index contributed by atoms with van der Waals surface area (Å²) in [6, 6.07) is 0. The first-order chi connectivity index (χ1) is 7.11. The van der Waals surface area contributed by atoms with Crippen molar-refractivity contribution in [2.75, 3.05) is 5.75 Å². The molecule has 0 radical (unpaired) electrons. The van der Waals surface area contributed by atoms with Crippen molar-refractivity contribution in [2.24, 2.45) is 17.8 Å². The van der Waals surface area contributed by atoms with Crippen molar-refractivity contribution in [1.82, 2.24) is 0 Å². The number of carboxylic acids is 1. The molecule has 0 amide bonds. The monoisotopic (exact) mass is 248 g/mol. The number of sulfone groups is 1. The maximum absolute atomic E-state index is 11.9. The van der Waals surface area contributed by atoms with Crippen molar-refractivity contribution in [3.05, 3.63) is 0 Å².